The lowest BCUT2D eigenvalue weighted by molar-refractivity contribution is -0.192. The van der Waals surface area contributed by atoms with Crippen LogP contribution in [0.3, 0.4) is 0 Å². The molecule has 0 spiro atoms. The molecule has 14 nitrogen and oxygen atoms in total. The molecule has 3 aromatic rings. The highest BCUT2D eigenvalue weighted by atomic mass is 32.2. The van der Waals surface area contributed by atoms with Crippen molar-refractivity contribution in [3.63, 3.8) is 0 Å². The fourth-order valence-corrected chi connectivity index (χ4v) is 7.32. The molecule has 0 aliphatic carbocycles. The number of para-hydroxylation sites is 2. The van der Waals surface area contributed by atoms with E-state index < -0.39 is 45.4 Å². The van der Waals surface area contributed by atoms with Crippen LogP contribution in [0.25, 0.3) is 11.0 Å². The van der Waals surface area contributed by atoms with Crippen LogP contribution in [0.15, 0.2) is 45.8 Å². The quantitative estimate of drug-likeness (QED) is 0.175. The number of thioether (sulfide) groups is 2. The van der Waals surface area contributed by atoms with E-state index in [1.165, 1.54) is 35.3 Å². The van der Waals surface area contributed by atoms with Crippen molar-refractivity contribution in [1.29, 1.82) is 0 Å². The molecule has 1 fully saturated rings. The number of carboxylic acid groups (broad SMARTS) is 1. The summed E-state index contributed by atoms with van der Waals surface area (Å²) in [6, 6.07) is 7.11. The number of H-pyrrole nitrogens is 1. The van der Waals surface area contributed by atoms with Gasteiger partial charge < -0.3 is 20.1 Å². The Hall–Kier alpha value is -3.28. The summed E-state index contributed by atoms with van der Waals surface area (Å²) in [6.07, 6.45) is 0. The average molecular weight is 565 g/mol. The van der Waals surface area contributed by atoms with E-state index in [1.54, 1.807) is 31.3 Å². The second-order valence-electron chi connectivity index (χ2n) is 8.01. The summed E-state index contributed by atoms with van der Waals surface area (Å²) in [5.41, 5.74) is -0.144. The lowest BCUT2D eigenvalue weighted by Gasteiger charge is -2.55. The molecule has 0 bridgehead atoms. The molecule has 4 heterocycles. The molecular formula is C20H20N8O6S3. The summed E-state index contributed by atoms with van der Waals surface area (Å²) in [4.78, 5) is 46.5. The number of hydrogen-bond acceptors (Lipinski definition) is 11. The Morgan fingerprint density at radius 2 is 2.19 bits per heavy atom. The van der Waals surface area contributed by atoms with Crippen LogP contribution >= 0.6 is 23.5 Å². The molecule has 1 aromatic carbocycles. The van der Waals surface area contributed by atoms with Crippen LogP contribution in [-0.4, -0.2) is 97.6 Å². The van der Waals surface area contributed by atoms with Crippen molar-refractivity contribution in [3.8, 4) is 0 Å². The Balaban J connectivity index is 1.31. The number of benzene rings is 1. The third-order valence-corrected chi connectivity index (χ3v) is 9.38. The van der Waals surface area contributed by atoms with Gasteiger partial charge in [0.2, 0.25) is 11.1 Å². The number of tetrazole rings is 1. The normalized spacial score (nSPS) is 22.1. The number of β-lactam (4-membered cyclic amide) rings is 1. The first-order valence-electron chi connectivity index (χ1n) is 10.7. The number of aromatic nitrogens is 6. The largest absolute Gasteiger partial charge is 0.477 e. The number of carbonyl (C=O) groups is 3. The molecule has 1 saturated heterocycles. The predicted molar refractivity (Wildman–Crippen MR) is 133 cm³/mol. The first-order chi connectivity index (χ1) is 17.7. The van der Waals surface area contributed by atoms with Crippen molar-refractivity contribution in [2.45, 2.75) is 21.4 Å². The van der Waals surface area contributed by atoms with Crippen LogP contribution in [-0.2, 0) is 37.0 Å². The molecule has 37 heavy (non-hydrogen) atoms. The number of methoxy groups -OCH3 is 1. The predicted octanol–water partition coefficient (Wildman–Crippen LogP) is -0.301. The number of nitrogens with zero attached hydrogens (tertiary/aromatic N) is 6. The molecule has 2 aromatic heterocycles. The highest BCUT2D eigenvalue weighted by Gasteiger charge is 2.66. The smallest absolute Gasteiger partial charge is 0.352 e. The minimum absolute atomic E-state index is 0.132. The van der Waals surface area contributed by atoms with E-state index in [2.05, 4.69) is 30.8 Å². The molecule has 0 saturated carbocycles. The average Bonchev–Trinajstić information content (AvgIpc) is 3.50. The number of amides is 2. The Morgan fingerprint density at radius 3 is 2.86 bits per heavy atom. The number of fused-ring (bicyclic) bond motifs is 2. The van der Waals surface area contributed by atoms with Gasteiger partial charge in [0, 0.05) is 25.7 Å². The van der Waals surface area contributed by atoms with Crippen molar-refractivity contribution in [3.05, 3.63) is 35.5 Å². The van der Waals surface area contributed by atoms with Crippen molar-refractivity contribution >= 4 is 63.1 Å². The molecule has 0 radical (unpaired) electrons. The summed E-state index contributed by atoms with van der Waals surface area (Å²) in [6.45, 7) is 0. The Labute approximate surface area is 220 Å². The van der Waals surface area contributed by atoms with E-state index in [0.29, 0.717) is 21.8 Å². The van der Waals surface area contributed by atoms with Gasteiger partial charge in [0.1, 0.15) is 16.8 Å². The molecular weight excluding hydrogens is 544 g/mol. The first kappa shape index (κ1) is 25.4. The standard InChI is InChI=1S/C20H20N8O6S3/c1-27-19(24-25-26-27)36-8-10-7-35-17-20(34-2,16(32)28(17)14(10)15(30)31)23-13(29)9-37(33)18-21-11-5-3-4-6-12(11)22-18/h3-6,17H,7-9H2,1-2H3,(H,21,22)(H,23,29)(H,30,31)/t17-,20+,37?/m1/s1. The van der Waals surface area contributed by atoms with Gasteiger partial charge in [0.05, 0.1) is 21.8 Å². The van der Waals surface area contributed by atoms with Crippen molar-refractivity contribution < 1.29 is 28.4 Å². The van der Waals surface area contributed by atoms with Gasteiger partial charge in [-0.05, 0) is 28.1 Å². The second kappa shape index (κ2) is 9.88. The second-order valence-corrected chi connectivity index (χ2v) is 11.4. The lowest BCUT2D eigenvalue weighted by Crippen LogP contribution is -2.81. The zero-order chi connectivity index (χ0) is 26.3. The van der Waals surface area contributed by atoms with Crippen LogP contribution in [0.2, 0.25) is 0 Å². The number of aryl methyl sites for hydroxylation is 1. The summed E-state index contributed by atoms with van der Waals surface area (Å²) in [7, 11) is 1.10. The van der Waals surface area contributed by atoms with Crippen LogP contribution in [0.4, 0.5) is 0 Å². The number of ether oxygens (including phenoxy) is 1. The van der Waals surface area contributed by atoms with Gasteiger partial charge in [-0.2, -0.15) is 0 Å². The van der Waals surface area contributed by atoms with Gasteiger partial charge in [0.15, 0.2) is 5.16 Å². The fourth-order valence-electron chi connectivity index (χ4n) is 4.02. The number of aromatic amines is 1. The SMILES string of the molecule is CO[C@@]1(NC(=O)CS(=O)c2nc3ccccc3[nH]2)C(=O)N2C(C(=O)O)=C(CSc3nnnn3C)CS[C@@H]21. The topological polar surface area (TPSA) is 185 Å². The Kier molecular flexibility index (Phi) is 6.78. The first-order valence-corrected chi connectivity index (χ1v) is 14.1. The summed E-state index contributed by atoms with van der Waals surface area (Å²) in [5.74, 6) is -2.64. The van der Waals surface area contributed by atoms with Crippen LogP contribution in [0.1, 0.15) is 0 Å². The van der Waals surface area contributed by atoms with Gasteiger partial charge in [-0.1, -0.05) is 23.9 Å². The van der Waals surface area contributed by atoms with Gasteiger partial charge in [-0.15, -0.1) is 16.9 Å². The van der Waals surface area contributed by atoms with E-state index in [-0.39, 0.29) is 22.4 Å². The third-order valence-electron chi connectivity index (χ3n) is 5.76. The molecule has 17 heteroatoms. The maximum atomic E-state index is 13.2. The number of hydrogen-bond donors (Lipinski definition) is 3. The molecule has 3 N–H and O–H groups in total. The molecule has 2 aliphatic heterocycles. The highest BCUT2D eigenvalue weighted by Crippen LogP contribution is 2.47. The monoisotopic (exact) mass is 564 g/mol. The number of aliphatic carboxylic acids is 1. The van der Waals surface area contributed by atoms with Gasteiger partial charge in [-0.3, -0.25) is 18.7 Å². The molecule has 194 valence electrons. The molecule has 5 rings (SSSR count). The zero-order valence-electron chi connectivity index (χ0n) is 19.4. The lowest BCUT2D eigenvalue weighted by atomic mass is 9.98. The Morgan fingerprint density at radius 1 is 1.41 bits per heavy atom. The minimum atomic E-state index is -1.81. The van der Waals surface area contributed by atoms with Gasteiger partial charge in [-0.25, -0.2) is 14.5 Å². The summed E-state index contributed by atoms with van der Waals surface area (Å²) >= 11 is 2.50. The molecule has 2 amide bonds. The number of rotatable bonds is 9. The Bertz CT molecular complexity index is 1440. The molecule has 1 unspecified atom stereocenters. The van der Waals surface area contributed by atoms with Crippen LogP contribution < -0.4 is 5.32 Å². The number of carbonyl (C=O) groups excluding carboxylic acids is 2. The van der Waals surface area contributed by atoms with Crippen LogP contribution in [0, 0.1) is 0 Å². The summed E-state index contributed by atoms with van der Waals surface area (Å²) in [5, 5.41) is 23.4. The van der Waals surface area contributed by atoms with E-state index in [4.69, 9.17) is 4.74 Å². The third kappa shape index (κ3) is 4.41. The molecule has 3 atom stereocenters. The van der Waals surface area contributed by atoms with E-state index in [1.807, 2.05) is 0 Å². The maximum absolute atomic E-state index is 13.2. The zero-order valence-corrected chi connectivity index (χ0v) is 21.9. The van der Waals surface area contributed by atoms with Crippen molar-refractivity contribution in [1.82, 2.24) is 40.4 Å². The van der Waals surface area contributed by atoms with Crippen molar-refractivity contribution in [2.24, 2.45) is 7.05 Å². The van der Waals surface area contributed by atoms with Crippen LogP contribution in [0.5, 0.6) is 0 Å². The van der Waals surface area contributed by atoms with Crippen molar-refractivity contribution in [2.75, 3.05) is 24.4 Å². The number of nitrogens with one attached hydrogen (secondary N) is 2. The minimum Gasteiger partial charge on any atom is -0.477 e. The summed E-state index contributed by atoms with van der Waals surface area (Å²) < 4.78 is 19.7. The highest BCUT2D eigenvalue weighted by molar-refractivity contribution is 8.01. The maximum Gasteiger partial charge on any atom is 0.352 e. The van der Waals surface area contributed by atoms with E-state index in [9.17, 15) is 23.7 Å². The van der Waals surface area contributed by atoms with E-state index in [0.717, 1.165) is 4.90 Å². The molecule has 2 aliphatic rings. The number of carboxylic acids is 1. The van der Waals surface area contributed by atoms with Gasteiger partial charge in [0.25, 0.3) is 11.6 Å². The van der Waals surface area contributed by atoms with E-state index >= 15 is 0 Å². The number of imidazole rings is 1. The van der Waals surface area contributed by atoms with Gasteiger partial charge >= 0.3 is 5.97 Å². The fraction of sp³-hybridized carbons (Fsp3) is 0.350.